The number of rotatable bonds is 4. The van der Waals surface area contributed by atoms with Gasteiger partial charge in [0.25, 0.3) is 0 Å². The van der Waals surface area contributed by atoms with E-state index in [9.17, 15) is 20.1 Å². The van der Waals surface area contributed by atoms with Gasteiger partial charge in [-0.1, -0.05) is 39.3 Å². The van der Waals surface area contributed by atoms with Crippen molar-refractivity contribution < 1.29 is 9.59 Å². The zero-order chi connectivity index (χ0) is 21.6. The summed E-state index contributed by atoms with van der Waals surface area (Å²) in [4.78, 5) is 30.9. The van der Waals surface area contributed by atoms with Crippen LogP contribution in [0.3, 0.4) is 0 Å². The first-order valence-corrected chi connectivity index (χ1v) is 11.0. The van der Waals surface area contributed by atoms with Gasteiger partial charge in [-0.25, -0.2) is 9.88 Å². The number of aromatic nitrogens is 1. The van der Waals surface area contributed by atoms with Gasteiger partial charge in [-0.15, -0.1) is 0 Å². The SMILES string of the molecule is N#Cc1c(N)nc(S[C@H]2CC(=O)N(c3ccc(Br)cc3Cl)C2=O)c(C#N)c1C1CC1. The topological polar surface area (TPSA) is 124 Å². The molecule has 0 unspecified atom stereocenters. The van der Waals surface area contributed by atoms with Crippen LogP contribution >= 0.6 is 39.3 Å². The van der Waals surface area contributed by atoms with Gasteiger partial charge in [-0.2, -0.15) is 10.5 Å². The molecule has 2 aliphatic rings. The Morgan fingerprint density at radius 2 is 1.93 bits per heavy atom. The molecule has 1 aromatic heterocycles. The number of thioether (sulfide) groups is 1. The van der Waals surface area contributed by atoms with E-state index in [-0.39, 0.29) is 45.2 Å². The van der Waals surface area contributed by atoms with E-state index in [4.69, 9.17) is 17.3 Å². The van der Waals surface area contributed by atoms with Crippen molar-refractivity contribution in [3.05, 3.63) is 44.4 Å². The number of carbonyl (C=O) groups is 2. The number of nitrogens with two attached hydrogens (primary N) is 1. The number of benzene rings is 1. The average Bonchev–Trinajstić information content (AvgIpc) is 3.49. The van der Waals surface area contributed by atoms with Gasteiger partial charge >= 0.3 is 0 Å². The molecule has 1 aliphatic carbocycles. The molecule has 10 heteroatoms. The Hall–Kier alpha value is -2.59. The Balaban J connectivity index is 1.69. The van der Waals surface area contributed by atoms with Crippen LogP contribution in [0.15, 0.2) is 27.7 Å². The molecule has 2 fully saturated rings. The number of anilines is 2. The zero-order valence-corrected chi connectivity index (χ0v) is 18.5. The van der Waals surface area contributed by atoms with Gasteiger partial charge in [0.2, 0.25) is 11.8 Å². The molecule has 1 saturated heterocycles. The minimum atomic E-state index is -0.767. The van der Waals surface area contributed by atoms with Crippen molar-refractivity contribution in [2.75, 3.05) is 10.6 Å². The van der Waals surface area contributed by atoms with Crippen LogP contribution in [0.5, 0.6) is 0 Å². The van der Waals surface area contributed by atoms with Crippen LogP contribution < -0.4 is 10.6 Å². The van der Waals surface area contributed by atoms with E-state index in [1.54, 1.807) is 18.2 Å². The van der Waals surface area contributed by atoms with Crippen LogP contribution in [-0.4, -0.2) is 22.0 Å². The number of hydrogen-bond acceptors (Lipinski definition) is 7. The van der Waals surface area contributed by atoms with E-state index in [1.165, 1.54) is 0 Å². The van der Waals surface area contributed by atoms with Gasteiger partial charge in [0, 0.05) is 10.9 Å². The molecule has 0 spiro atoms. The molecule has 2 amide bonds. The maximum atomic E-state index is 13.0. The summed E-state index contributed by atoms with van der Waals surface area (Å²) in [5.41, 5.74) is 7.35. The second-order valence-corrected chi connectivity index (χ2v) is 9.45. The highest BCUT2D eigenvalue weighted by molar-refractivity contribution is 9.10. The molecular formula is C20H13BrClN5O2S. The minimum absolute atomic E-state index is 0.0329. The number of nitrogens with zero attached hydrogens (tertiary/aromatic N) is 4. The van der Waals surface area contributed by atoms with E-state index >= 15 is 0 Å². The highest BCUT2D eigenvalue weighted by Gasteiger charge is 2.42. The molecule has 2 aromatic rings. The molecule has 1 saturated carbocycles. The number of halogens is 2. The molecule has 150 valence electrons. The number of nitrogen functional groups attached to an aromatic ring is 1. The Morgan fingerprint density at radius 1 is 1.23 bits per heavy atom. The first-order valence-electron chi connectivity index (χ1n) is 8.97. The molecule has 1 atom stereocenters. The first-order chi connectivity index (χ1) is 14.3. The number of carbonyl (C=O) groups excluding carboxylic acids is 2. The smallest absolute Gasteiger partial charge is 0.247 e. The van der Waals surface area contributed by atoms with Gasteiger partial charge in [-0.05, 0) is 42.5 Å². The highest BCUT2D eigenvalue weighted by atomic mass is 79.9. The molecular weight excluding hydrogens is 490 g/mol. The van der Waals surface area contributed by atoms with Crippen molar-refractivity contribution in [1.82, 2.24) is 4.98 Å². The molecule has 30 heavy (non-hydrogen) atoms. The normalized spacial score (nSPS) is 18.4. The van der Waals surface area contributed by atoms with Crippen molar-refractivity contribution in [2.45, 2.75) is 35.5 Å². The molecule has 0 bridgehead atoms. The summed E-state index contributed by atoms with van der Waals surface area (Å²) >= 11 is 10.6. The summed E-state index contributed by atoms with van der Waals surface area (Å²) in [7, 11) is 0. The molecule has 4 rings (SSSR count). The molecule has 2 heterocycles. The quantitative estimate of drug-likeness (QED) is 0.623. The molecule has 1 aromatic carbocycles. The standard InChI is InChI=1S/C20H13BrClN5O2S/c21-10-3-4-14(13(22)5-10)27-16(28)6-15(20(27)29)30-19-12(8-24)17(9-1-2-9)11(7-23)18(25)26-19/h3-5,9,15H,1-2,6H2,(H2,25,26)/t15-/m0/s1. The van der Waals surface area contributed by atoms with E-state index in [1.807, 2.05) is 6.07 Å². The van der Waals surface area contributed by atoms with Crippen molar-refractivity contribution in [1.29, 1.82) is 10.5 Å². The summed E-state index contributed by atoms with van der Waals surface area (Å²) in [5, 5.41) is 19.0. The number of hydrogen-bond donors (Lipinski definition) is 1. The lowest BCUT2D eigenvalue weighted by atomic mass is 10.0. The van der Waals surface area contributed by atoms with Crippen LogP contribution in [0.25, 0.3) is 0 Å². The van der Waals surface area contributed by atoms with E-state index < -0.39 is 11.2 Å². The maximum Gasteiger partial charge on any atom is 0.247 e. The Morgan fingerprint density at radius 3 is 2.53 bits per heavy atom. The van der Waals surface area contributed by atoms with Gasteiger partial charge in [0.15, 0.2) is 0 Å². The van der Waals surface area contributed by atoms with Crippen LogP contribution in [-0.2, 0) is 9.59 Å². The Bertz CT molecular complexity index is 1190. The molecule has 7 nitrogen and oxygen atoms in total. The molecule has 1 aliphatic heterocycles. The summed E-state index contributed by atoms with van der Waals surface area (Å²) in [6, 6.07) is 9.06. The molecule has 0 radical (unpaired) electrons. The fraction of sp³-hybridized carbons (Fsp3) is 0.250. The molecule has 2 N–H and O–H groups in total. The van der Waals surface area contributed by atoms with Gasteiger partial charge in [0.1, 0.15) is 23.0 Å². The lowest BCUT2D eigenvalue weighted by Crippen LogP contribution is -2.31. The average molecular weight is 503 g/mol. The lowest BCUT2D eigenvalue weighted by Gasteiger charge is -2.17. The van der Waals surface area contributed by atoms with E-state index in [2.05, 4.69) is 27.0 Å². The predicted octanol–water partition coefficient (Wildman–Crippen LogP) is 4.12. The van der Waals surface area contributed by atoms with Crippen LogP contribution in [0.4, 0.5) is 11.5 Å². The highest BCUT2D eigenvalue weighted by Crippen LogP contribution is 2.47. The second-order valence-electron chi connectivity index (χ2n) is 6.94. The third-order valence-electron chi connectivity index (χ3n) is 4.95. The Kier molecular flexibility index (Phi) is 5.46. The van der Waals surface area contributed by atoms with Gasteiger partial charge in [-0.3, -0.25) is 9.59 Å². The van der Waals surface area contributed by atoms with Crippen LogP contribution in [0.1, 0.15) is 41.9 Å². The fourth-order valence-electron chi connectivity index (χ4n) is 3.44. The van der Waals surface area contributed by atoms with Crippen molar-refractivity contribution in [3.63, 3.8) is 0 Å². The van der Waals surface area contributed by atoms with Crippen molar-refractivity contribution in [3.8, 4) is 12.1 Å². The van der Waals surface area contributed by atoms with Gasteiger partial charge in [0.05, 0.1) is 27.1 Å². The van der Waals surface area contributed by atoms with Gasteiger partial charge < -0.3 is 5.73 Å². The maximum absolute atomic E-state index is 13.0. The number of imide groups is 1. The second kappa shape index (κ2) is 7.92. The predicted molar refractivity (Wildman–Crippen MR) is 116 cm³/mol. The lowest BCUT2D eigenvalue weighted by molar-refractivity contribution is -0.121. The Labute approximate surface area is 189 Å². The summed E-state index contributed by atoms with van der Waals surface area (Å²) in [6.45, 7) is 0. The third kappa shape index (κ3) is 3.54. The van der Waals surface area contributed by atoms with Crippen molar-refractivity contribution >= 4 is 62.6 Å². The van der Waals surface area contributed by atoms with Crippen LogP contribution in [0, 0.1) is 22.7 Å². The first kappa shape index (κ1) is 20.7. The van der Waals surface area contributed by atoms with Crippen molar-refractivity contribution in [2.24, 2.45) is 0 Å². The summed E-state index contributed by atoms with van der Waals surface area (Å²) in [5.74, 6) is -0.691. The third-order valence-corrected chi connectivity index (χ3v) is 6.92. The fourth-order valence-corrected chi connectivity index (χ4v) is 5.32. The zero-order valence-electron chi connectivity index (χ0n) is 15.4. The monoisotopic (exact) mass is 501 g/mol. The summed E-state index contributed by atoms with van der Waals surface area (Å²) < 4.78 is 0.727. The minimum Gasteiger partial charge on any atom is -0.383 e. The number of amides is 2. The number of nitriles is 2. The summed E-state index contributed by atoms with van der Waals surface area (Å²) in [6.07, 6.45) is 1.68. The number of pyridine rings is 1. The van der Waals surface area contributed by atoms with Crippen LogP contribution in [0.2, 0.25) is 5.02 Å². The van der Waals surface area contributed by atoms with E-state index in [0.717, 1.165) is 34.0 Å². The largest absolute Gasteiger partial charge is 0.383 e. The van der Waals surface area contributed by atoms with E-state index in [0.29, 0.717) is 11.3 Å².